The third-order valence-corrected chi connectivity index (χ3v) is 5.79. The number of aliphatic imine (C=N–C) groups is 1. The first kappa shape index (κ1) is 22.9. The summed E-state index contributed by atoms with van der Waals surface area (Å²) < 4.78 is 0. The molecule has 3 rings (SSSR count). The molecule has 1 aliphatic heterocycles. The summed E-state index contributed by atoms with van der Waals surface area (Å²) >= 11 is 1.77. The molecule has 1 fully saturated rings. The van der Waals surface area contributed by atoms with Gasteiger partial charge in [0.2, 0.25) is 0 Å². The van der Waals surface area contributed by atoms with Crippen LogP contribution in [0.2, 0.25) is 0 Å². The number of hydrogen-bond donors (Lipinski definition) is 2. The molecule has 2 aromatic rings. The van der Waals surface area contributed by atoms with Gasteiger partial charge in [0.15, 0.2) is 11.1 Å². The van der Waals surface area contributed by atoms with Crippen LogP contribution in [0.4, 0.5) is 5.13 Å². The van der Waals surface area contributed by atoms with Crippen LogP contribution in [-0.4, -0.2) is 37.1 Å². The zero-order valence-electron chi connectivity index (χ0n) is 17.1. The average molecular weight is 513 g/mol. The van der Waals surface area contributed by atoms with Crippen molar-refractivity contribution >= 4 is 46.4 Å². The van der Waals surface area contributed by atoms with Gasteiger partial charge < -0.3 is 15.5 Å². The summed E-state index contributed by atoms with van der Waals surface area (Å²) in [6.07, 6.45) is 3.50. The minimum Gasteiger partial charge on any atom is -0.357 e. The van der Waals surface area contributed by atoms with Crippen LogP contribution in [0.15, 0.2) is 28.6 Å². The minimum atomic E-state index is 0. The molecule has 1 aromatic heterocycles. The molecule has 154 valence electrons. The number of hydrogen-bond acceptors (Lipinski definition) is 4. The summed E-state index contributed by atoms with van der Waals surface area (Å²) in [6, 6.07) is 6.54. The molecular formula is C21H32IN5S. The van der Waals surface area contributed by atoms with Crippen molar-refractivity contribution < 1.29 is 0 Å². The van der Waals surface area contributed by atoms with E-state index < -0.39 is 0 Å². The van der Waals surface area contributed by atoms with Crippen LogP contribution in [-0.2, 0) is 13.0 Å². The highest BCUT2D eigenvalue weighted by Crippen LogP contribution is 2.24. The number of guanidine groups is 1. The van der Waals surface area contributed by atoms with Crippen molar-refractivity contribution in [2.75, 3.05) is 31.1 Å². The van der Waals surface area contributed by atoms with Gasteiger partial charge in [0.1, 0.15) is 0 Å². The van der Waals surface area contributed by atoms with Gasteiger partial charge in [-0.15, -0.1) is 35.3 Å². The zero-order chi connectivity index (χ0) is 19.1. The Morgan fingerprint density at radius 3 is 2.71 bits per heavy atom. The Morgan fingerprint density at radius 1 is 1.21 bits per heavy atom. The SMILES string of the molecule is CCNC(=NCc1ccc(C)cc1C)NCCc1csc(N2CCCC2)n1.I. The molecule has 0 unspecified atom stereocenters. The molecule has 1 saturated heterocycles. The van der Waals surface area contributed by atoms with Crippen LogP contribution in [0.3, 0.4) is 0 Å². The predicted molar refractivity (Wildman–Crippen MR) is 131 cm³/mol. The van der Waals surface area contributed by atoms with Crippen LogP contribution < -0.4 is 15.5 Å². The Labute approximate surface area is 190 Å². The number of thiazole rings is 1. The lowest BCUT2D eigenvalue weighted by Gasteiger charge is -2.13. The van der Waals surface area contributed by atoms with Crippen molar-refractivity contribution in [2.24, 2.45) is 4.99 Å². The van der Waals surface area contributed by atoms with Crippen molar-refractivity contribution in [3.63, 3.8) is 0 Å². The number of rotatable bonds is 7. The Bertz CT molecular complexity index is 768. The molecule has 0 radical (unpaired) electrons. The fourth-order valence-corrected chi connectivity index (χ4v) is 4.22. The van der Waals surface area contributed by atoms with Crippen molar-refractivity contribution in [1.29, 1.82) is 0 Å². The fraction of sp³-hybridized carbons (Fsp3) is 0.524. The molecule has 2 heterocycles. The number of nitrogens with zero attached hydrogens (tertiary/aromatic N) is 3. The summed E-state index contributed by atoms with van der Waals surface area (Å²) in [4.78, 5) is 11.9. The zero-order valence-corrected chi connectivity index (χ0v) is 20.3. The van der Waals surface area contributed by atoms with Gasteiger partial charge in [0.25, 0.3) is 0 Å². The van der Waals surface area contributed by atoms with Gasteiger partial charge in [-0.1, -0.05) is 23.8 Å². The normalized spacial score (nSPS) is 14.1. The maximum Gasteiger partial charge on any atom is 0.191 e. The number of aryl methyl sites for hydroxylation is 2. The highest BCUT2D eigenvalue weighted by molar-refractivity contribution is 14.0. The average Bonchev–Trinajstić information content (AvgIpc) is 3.32. The van der Waals surface area contributed by atoms with Gasteiger partial charge in [-0.25, -0.2) is 9.98 Å². The molecule has 2 N–H and O–H groups in total. The van der Waals surface area contributed by atoms with E-state index in [9.17, 15) is 0 Å². The number of benzene rings is 1. The fourth-order valence-electron chi connectivity index (χ4n) is 3.30. The molecule has 7 heteroatoms. The summed E-state index contributed by atoms with van der Waals surface area (Å²) in [5.74, 6) is 0.868. The largest absolute Gasteiger partial charge is 0.357 e. The summed E-state index contributed by atoms with van der Waals surface area (Å²) in [5, 5.41) is 10.1. The van der Waals surface area contributed by atoms with E-state index in [-0.39, 0.29) is 24.0 Å². The van der Waals surface area contributed by atoms with Crippen LogP contribution in [0.5, 0.6) is 0 Å². The van der Waals surface area contributed by atoms with Gasteiger partial charge in [0, 0.05) is 38.0 Å². The van der Waals surface area contributed by atoms with Gasteiger partial charge in [-0.3, -0.25) is 0 Å². The Kier molecular flexibility index (Phi) is 9.50. The lowest BCUT2D eigenvalue weighted by Crippen LogP contribution is -2.38. The number of halogens is 1. The standard InChI is InChI=1S/C21H31N5S.HI/c1-4-22-20(24-14-18-8-7-16(2)13-17(18)3)23-10-9-19-15-27-21(25-19)26-11-5-6-12-26;/h7-8,13,15H,4-6,9-12,14H2,1-3H3,(H2,22,23,24);1H. The van der Waals surface area contributed by atoms with Gasteiger partial charge >= 0.3 is 0 Å². The molecule has 5 nitrogen and oxygen atoms in total. The van der Waals surface area contributed by atoms with E-state index in [0.717, 1.165) is 38.6 Å². The second-order valence-corrected chi connectivity index (χ2v) is 7.95. The summed E-state index contributed by atoms with van der Waals surface area (Å²) in [7, 11) is 0. The van der Waals surface area contributed by atoms with Crippen LogP contribution in [0.1, 0.15) is 42.1 Å². The predicted octanol–water partition coefficient (Wildman–Crippen LogP) is 4.28. The van der Waals surface area contributed by atoms with Crippen molar-refractivity contribution in [3.8, 4) is 0 Å². The number of anilines is 1. The Balaban J connectivity index is 0.00000280. The van der Waals surface area contributed by atoms with Crippen LogP contribution in [0.25, 0.3) is 0 Å². The third kappa shape index (κ3) is 6.62. The molecule has 1 aromatic carbocycles. The van der Waals surface area contributed by atoms with E-state index in [1.807, 2.05) is 0 Å². The van der Waals surface area contributed by atoms with Gasteiger partial charge in [-0.2, -0.15) is 0 Å². The molecule has 0 saturated carbocycles. The molecule has 0 atom stereocenters. The number of aromatic nitrogens is 1. The van der Waals surface area contributed by atoms with E-state index in [1.165, 1.54) is 40.4 Å². The van der Waals surface area contributed by atoms with E-state index in [2.05, 4.69) is 59.9 Å². The van der Waals surface area contributed by atoms with Crippen molar-refractivity contribution in [1.82, 2.24) is 15.6 Å². The molecular weight excluding hydrogens is 481 g/mol. The lowest BCUT2D eigenvalue weighted by atomic mass is 10.1. The lowest BCUT2D eigenvalue weighted by molar-refractivity contribution is 0.789. The monoisotopic (exact) mass is 513 g/mol. The van der Waals surface area contributed by atoms with Crippen LogP contribution >= 0.6 is 35.3 Å². The van der Waals surface area contributed by atoms with Gasteiger partial charge in [-0.05, 0) is 44.7 Å². The molecule has 0 aliphatic carbocycles. The van der Waals surface area contributed by atoms with Gasteiger partial charge in [0.05, 0.1) is 12.2 Å². The summed E-state index contributed by atoms with van der Waals surface area (Å²) in [6.45, 7) is 11.1. The van der Waals surface area contributed by atoms with E-state index in [1.54, 1.807) is 11.3 Å². The second kappa shape index (κ2) is 11.6. The topological polar surface area (TPSA) is 52.6 Å². The third-order valence-electron chi connectivity index (χ3n) is 4.84. The maximum atomic E-state index is 4.79. The maximum absolute atomic E-state index is 4.79. The van der Waals surface area contributed by atoms with E-state index in [4.69, 9.17) is 9.98 Å². The van der Waals surface area contributed by atoms with Crippen molar-refractivity contribution in [3.05, 3.63) is 46.0 Å². The molecule has 0 amide bonds. The van der Waals surface area contributed by atoms with E-state index >= 15 is 0 Å². The highest BCUT2D eigenvalue weighted by Gasteiger charge is 2.15. The quantitative estimate of drug-likeness (QED) is 0.330. The molecule has 0 bridgehead atoms. The minimum absolute atomic E-state index is 0. The first-order valence-corrected chi connectivity index (χ1v) is 10.8. The summed E-state index contributed by atoms with van der Waals surface area (Å²) in [5.41, 5.74) is 5.03. The van der Waals surface area contributed by atoms with Crippen LogP contribution in [0, 0.1) is 13.8 Å². The number of nitrogens with one attached hydrogen (secondary N) is 2. The molecule has 0 spiro atoms. The first-order valence-electron chi connectivity index (χ1n) is 9.93. The smallest absolute Gasteiger partial charge is 0.191 e. The van der Waals surface area contributed by atoms with Crippen molar-refractivity contribution in [2.45, 2.75) is 46.6 Å². The first-order chi connectivity index (χ1) is 13.2. The van der Waals surface area contributed by atoms with E-state index in [0.29, 0.717) is 6.54 Å². The molecule has 1 aliphatic rings. The molecule has 28 heavy (non-hydrogen) atoms. The Hall–Kier alpha value is -1.35. The Morgan fingerprint density at radius 2 is 2.00 bits per heavy atom. The highest BCUT2D eigenvalue weighted by atomic mass is 127. The second-order valence-electron chi connectivity index (χ2n) is 7.12.